The summed E-state index contributed by atoms with van der Waals surface area (Å²) >= 11 is 1.71. The Morgan fingerprint density at radius 2 is 2.38 bits per heavy atom. The van der Waals surface area contributed by atoms with Gasteiger partial charge in [0.1, 0.15) is 0 Å². The molecule has 0 saturated carbocycles. The molecular weight excluding hydrogens is 228 g/mol. The van der Waals surface area contributed by atoms with Crippen molar-refractivity contribution >= 4 is 17.3 Å². The molecule has 2 heterocycles. The zero-order valence-corrected chi connectivity index (χ0v) is 9.24. The van der Waals surface area contributed by atoms with E-state index >= 15 is 0 Å². The molecule has 0 radical (unpaired) electrons. The molecule has 0 atom stereocenters. The van der Waals surface area contributed by atoms with Gasteiger partial charge in [0.05, 0.1) is 0 Å². The van der Waals surface area contributed by atoms with Gasteiger partial charge in [0.2, 0.25) is 5.89 Å². The van der Waals surface area contributed by atoms with Crippen molar-refractivity contribution in [1.82, 2.24) is 10.1 Å². The fourth-order valence-electron chi connectivity index (χ4n) is 1.31. The highest BCUT2D eigenvalue weighted by atomic mass is 32.1. The Morgan fingerprint density at radius 3 is 3.00 bits per heavy atom. The van der Waals surface area contributed by atoms with Crippen LogP contribution in [0, 0.1) is 0 Å². The first-order chi connectivity index (χ1) is 7.75. The van der Waals surface area contributed by atoms with Crippen molar-refractivity contribution in [2.75, 3.05) is 0 Å². The molecule has 2 rings (SSSR count). The first-order valence-corrected chi connectivity index (χ1v) is 5.72. The summed E-state index contributed by atoms with van der Waals surface area (Å²) in [5.41, 5.74) is 0. The van der Waals surface area contributed by atoms with E-state index in [4.69, 9.17) is 9.63 Å². The van der Waals surface area contributed by atoms with Crippen LogP contribution in [0.15, 0.2) is 22.0 Å². The largest absolute Gasteiger partial charge is 0.475 e. The van der Waals surface area contributed by atoms with E-state index in [9.17, 15) is 4.79 Å². The summed E-state index contributed by atoms with van der Waals surface area (Å²) in [6.07, 6.45) is 2.43. The highest BCUT2D eigenvalue weighted by molar-refractivity contribution is 7.09. The number of carboxylic acids is 1. The van der Waals surface area contributed by atoms with Crippen molar-refractivity contribution in [3.05, 3.63) is 34.1 Å². The Morgan fingerprint density at radius 1 is 1.50 bits per heavy atom. The van der Waals surface area contributed by atoms with Crippen LogP contribution in [0.2, 0.25) is 0 Å². The summed E-state index contributed by atoms with van der Waals surface area (Å²) in [5.74, 6) is -1.05. The van der Waals surface area contributed by atoms with E-state index in [-0.39, 0.29) is 5.82 Å². The fraction of sp³-hybridized carbons (Fsp3) is 0.300. The van der Waals surface area contributed by atoms with Crippen LogP contribution in [0.3, 0.4) is 0 Å². The Labute approximate surface area is 95.7 Å². The highest BCUT2D eigenvalue weighted by Crippen LogP contribution is 2.12. The molecule has 6 heteroatoms. The molecule has 0 aromatic carbocycles. The maximum absolute atomic E-state index is 10.5. The SMILES string of the molecule is O=C(O)c1noc(CCCc2cccs2)n1. The van der Waals surface area contributed by atoms with Crippen molar-refractivity contribution in [3.63, 3.8) is 0 Å². The minimum absolute atomic E-state index is 0.272. The Balaban J connectivity index is 1.83. The van der Waals surface area contributed by atoms with Gasteiger partial charge in [-0.2, -0.15) is 4.98 Å². The second-order valence-electron chi connectivity index (χ2n) is 3.25. The van der Waals surface area contributed by atoms with Gasteiger partial charge in [-0.25, -0.2) is 4.79 Å². The molecule has 0 aliphatic heterocycles. The van der Waals surface area contributed by atoms with Gasteiger partial charge in [-0.05, 0) is 29.4 Å². The lowest BCUT2D eigenvalue weighted by molar-refractivity contribution is 0.0680. The molecule has 0 bridgehead atoms. The summed E-state index contributed by atoms with van der Waals surface area (Å²) in [7, 11) is 0. The third-order valence-corrected chi connectivity index (χ3v) is 2.99. The second-order valence-corrected chi connectivity index (χ2v) is 4.28. The van der Waals surface area contributed by atoms with E-state index in [2.05, 4.69) is 16.2 Å². The lowest BCUT2D eigenvalue weighted by Crippen LogP contribution is -1.99. The van der Waals surface area contributed by atoms with E-state index in [0.29, 0.717) is 12.3 Å². The van der Waals surface area contributed by atoms with Crippen LogP contribution in [0.1, 0.15) is 27.8 Å². The minimum Gasteiger partial charge on any atom is -0.475 e. The molecular formula is C10H10N2O3S. The van der Waals surface area contributed by atoms with Crippen molar-refractivity contribution < 1.29 is 14.4 Å². The fourth-order valence-corrected chi connectivity index (χ4v) is 2.06. The predicted octanol–water partition coefficient (Wildman–Crippen LogP) is 2.00. The number of aryl methyl sites for hydroxylation is 2. The van der Waals surface area contributed by atoms with E-state index in [1.54, 1.807) is 11.3 Å². The van der Waals surface area contributed by atoms with Crippen LogP contribution in [0.25, 0.3) is 0 Å². The Kier molecular flexibility index (Phi) is 3.31. The van der Waals surface area contributed by atoms with Crippen molar-refractivity contribution in [3.8, 4) is 0 Å². The Hall–Kier alpha value is -1.69. The molecule has 2 aromatic heterocycles. The molecule has 0 saturated heterocycles. The number of aromatic carboxylic acids is 1. The maximum Gasteiger partial charge on any atom is 0.377 e. The lowest BCUT2D eigenvalue weighted by Gasteiger charge is -1.93. The number of aromatic nitrogens is 2. The summed E-state index contributed by atoms with van der Waals surface area (Å²) < 4.78 is 4.81. The monoisotopic (exact) mass is 238 g/mol. The van der Waals surface area contributed by atoms with Gasteiger partial charge >= 0.3 is 5.97 Å². The lowest BCUT2D eigenvalue weighted by atomic mass is 10.2. The van der Waals surface area contributed by atoms with Crippen LogP contribution in [-0.4, -0.2) is 21.2 Å². The van der Waals surface area contributed by atoms with Gasteiger partial charge in [-0.3, -0.25) is 0 Å². The van der Waals surface area contributed by atoms with E-state index in [1.807, 2.05) is 11.4 Å². The molecule has 0 unspecified atom stereocenters. The normalized spacial score (nSPS) is 10.5. The van der Waals surface area contributed by atoms with E-state index < -0.39 is 5.97 Å². The number of hydrogen-bond acceptors (Lipinski definition) is 5. The summed E-state index contributed by atoms with van der Waals surface area (Å²) in [4.78, 5) is 15.5. The average Bonchev–Trinajstić information content (AvgIpc) is 2.87. The van der Waals surface area contributed by atoms with Crippen LogP contribution in [0.4, 0.5) is 0 Å². The predicted molar refractivity (Wildman–Crippen MR) is 57.6 cm³/mol. The van der Waals surface area contributed by atoms with Gasteiger partial charge in [0, 0.05) is 11.3 Å². The van der Waals surface area contributed by atoms with Crippen molar-refractivity contribution in [2.24, 2.45) is 0 Å². The standard InChI is InChI=1S/C10H10N2O3S/c13-10(14)9-11-8(15-12-9)5-1-3-7-4-2-6-16-7/h2,4,6H,1,3,5H2,(H,13,14). The van der Waals surface area contributed by atoms with Gasteiger partial charge in [-0.15, -0.1) is 11.3 Å². The third kappa shape index (κ3) is 2.66. The van der Waals surface area contributed by atoms with Gasteiger partial charge in [-0.1, -0.05) is 6.07 Å². The summed E-state index contributed by atoms with van der Waals surface area (Å²) in [6, 6.07) is 4.08. The van der Waals surface area contributed by atoms with Crippen LogP contribution < -0.4 is 0 Å². The number of nitrogens with zero attached hydrogens (tertiary/aromatic N) is 2. The third-order valence-electron chi connectivity index (χ3n) is 2.05. The molecule has 0 amide bonds. The molecule has 0 aliphatic carbocycles. The topological polar surface area (TPSA) is 76.2 Å². The van der Waals surface area contributed by atoms with Crippen LogP contribution in [-0.2, 0) is 12.8 Å². The van der Waals surface area contributed by atoms with Crippen LogP contribution >= 0.6 is 11.3 Å². The van der Waals surface area contributed by atoms with Crippen LogP contribution in [0.5, 0.6) is 0 Å². The smallest absolute Gasteiger partial charge is 0.377 e. The van der Waals surface area contributed by atoms with E-state index in [1.165, 1.54) is 4.88 Å². The maximum atomic E-state index is 10.5. The Bertz CT molecular complexity index is 464. The highest BCUT2D eigenvalue weighted by Gasteiger charge is 2.12. The summed E-state index contributed by atoms with van der Waals surface area (Å²) in [5, 5.41) is 14.0. The molecule has 0 spiro atoms. The second kappa shape index (κ2) is 4.89. The number of carboxylic acid groups (broad SMARTS) is 1. The first kappa shape index (κ1) is 10.8. The first-order valence-electron chi connectivity index (χ1n) is 4.84. The molecule has 2 aromatic rings. The van der Waals surface area contributed by atoms with Gasteiger partial charge in [0.25, 0.3) is 5.82 Å². The number of hydrogen-bond donors (Lipinski definition) is 1. The number of carbonyl (C=O) groups is 1. The zero-order chi connectivity index (χ0) is 11.4. The quantitative estimate of drug-likeness (QED) is 0.862. The average molecular weight is 238 g/mol. The molecule has 1 N–H and O–H groups in total. The van der Waals surface area contributed by atoms with Gasteiger partial charge in [0.15, 0.2) is 0 Å². The molecule has 16 heavy (non-hydrogen) atoms. The van der Waals surface area contributed by atoms with Crippen molar-refractivity contribution in [2.45, 2.75) is 19.3 Å². The minimum atomic E-state index is -1.16. The number of thiophene rings is 1. The van der Waals surface area contributed by atoms with E-state index in [0.717, 1.165) is 12.8 Å². The molecule has 0 fully saturated rings. The zero-order valence-electron chi connectivity index (χ0n) is 8.42. The van der Waals surface area contributed by atoms with Crippen molar-refractivity contribution in [1.29, 1.82) is 0 Å². The summed E-state index contributed by atoms with van der Waals surface area (Å²) in [6.45, 7) is 0. The molecule has 5 nitrogen and oxygen atoms in total. The molecule has 0 aliphatic rings. The molecule has 84 valence electrons. The number of rotatable bonds is 5. The van der Waals surface area contributed by atoms with Gasteiger partial charge < -0.3 is 9.63 Å².